The largest absolute Gasteiger partial charge is 0.324 e. The van der Waals surface area contributed by atoms with E-state index in [2.05, 4.69) is 43.3 Å². The summed E-state index contributed by atoms with van der Waals surface area (Å²) in [5.74, 6) is 0. The highest BCUT2D eigenvalue weighted by Gasteiger charge is 2.06. The Kier molecular flexibility index (Phi) is 3.42. The summed E-state index contributed by atoms with van der Waals surface area (Å²) >= 11 is 1.79. The van der Waals surface area contributed by atoms with E-state index in [1.165, 1.54) is 20.9 Å². The van der Waals surface area contributed by atoms with Crippen LogP contribution in [0.25, 0.3) is 10.4 Å². The zero-order valence-corrected chi connectivity index (χ0v) is 10.6. The van der Waals surface area contributed by atoms with Gasteiger partial charge in [-0.3, -0.25) is 0 Å². The van der Waals surface area contributed by atoms with Crippen LogP contribution in [0.1, 0.15) is 30.3 Å². The molecule has 16 heavy (non-hydrogen) atoms. The first-order chi connectivity index (χ1) is 7.70. The van der Waals surface area contributed by atoms with Crippen molar-refractivity contribution in [2.24, 2.45) is 5.73 Å². The summed E-state index contributed by atoms with van der Waals surface area (Å²) in [4.78, 5) is 2.56. The molecular formula is C14H17NS. The maximum absolute atomic E-state index is 5.87. The summed E-state index contributed by atoms with van der Waals surface area (Å²) < 4.78 is 0. The Bertz CT molecular complexity index is 471. The van der Waals surface area contributed by atoms with Crippen molar-refractivity contribution in [3.05, 3.63) is 46.8 Å². The molecule has 0 amide bonds. The Morgan fingerprint density at radius 2 is 2.06 bits per heavy atom. The van der Waals surface area contributed by atoms with Gasteiger partial charge in [-0.2, -0.15) is 0 Å². The molecule has 0 bridgehead atoms. The second-order valence-electron chi connectivity index (χ2n) is 4.04. The first-order valence-corrected chi connectivity index (χ1v) is 6.47. The average molecular weight is 231 g/mol. The van der Waals surface area contributed by atoms with Crippen LogP contribution in [0.3, 0.4) is 0 Å². The highest BCUT2D eigenvalue weighted by atomic mass is 32.1. The van der Waals surface area contributed by atoms with Crippen LogP contribution < -0.4 is 5.73 Å². The third-order valence-corrected chi connectivity index (χ3v) is 4.03. The topological polar surface area (TPSA) is 26.0 Å². The second-order valence-corrected chi connectivity index (χ2v) is 5.16. The molecule has 1 nitrogen and oxygen atoms in total. The number of aryl methyl sites for hydroxylation is 1. The summed E-state index contributed by atoms with van der Waals surface area (Å²) in [6.45, 7) is 4.21. The maximum atomic E-state index is 5.87. The van der Waals surface area contributed by atoms with Crippen molar-refractivity contribution in [1.82, 2.24) is 0 Å². The Balaban J connectivity index is 2.34. The van der Waals surface area contributed by atoms with Crippen molar-refractivity contribution in [1.29, 1.82) is 0 Å². The lowest BCUT2D eigenvalue weighted by atomic mass is 10.1. The van der Waals surface area contributed by atoms with Crippen LogP contribution in [0, 0.1) is 0 Å². The Morgan fingerprint density at radius 1 is 1.25 bits per heavy atom. The van der Waals surface area contributed by atoms with Gasteiger partial charge in [-0.25, -0.2) is 0 Å². The molecule has 2 N–H and O–H groups in total. The van der Waals surface area contributed by atoms with Gasteiger partial charge in [-0.05, 0) is 36.6 Å². The molecule has 84 valence electrons. The standard InChI is InChI=1S/C14H17NS/c1-3-11-5-4-6-12(9-11)14-8-7-13(16-14)10(2)15/h4-10H,3,15H2,1-2H3. The van der Waals surface area contributed by atoms with E-state index in [1.54, 1.807) is 11.3 Å². The fourth-order valence-electron chi connectivity index (χ4n) is 1.70. The molecule has 0 aliphatic carbocycles. The van der Waals surface area contributed by atoms with Gasteiger partial charge in [0.2, 0.25) is 0 Å². The molecule has 2 aromatic rings. The molecule has 0 saturated heterocycles. The van der Waals surface area contributed by atoms with Gasteiger partial charge in [0.1, 0.15) is 0 Å². The minimum absolute atomic E-state index is 0.133. The van der Waals surface area contributed by atoms with Crippen molar-refractivity contribution in [3.8, 4) is 10.4 Å². The predicted molar refractivity (Wildman–Crippen MR) is 71.7 cm³/mol. The minimum atomic E-state index is 0.133. The molecule has 1 unspecified atom stereocenters. The lowest BCUT2D eigenvalue weighted by Gasteiger charge is -2.01. The van der Waals surface area contributed by atoms with Gasteiger partial charge in [-0.15, -0.1) is 11.3 Å². The third-order valence-electron chi connectivity index (χ3n) is 2.70. The number of hydrogen-bond acceptors (Lipinski definition) is 2. The van der Waals surface area contributed by atoms with Crippen molar-refractivity contribution >= 4 is 11.3 Å². The number of rotatable bonds is 3. The van der Waals surface area contributed by atoms with Crippen LogP contribution in [-0.2, 0) is 6.42 Å². The van der Waals surface area contributed by atoms with Crippen molar-refractivity contribution < 1.29 is 0 Å². The van der Waals surface area contributed by atoms with E-state index in [4.69, 9.17) is 5.73 Å². The number of hydrogen-bond donors (Lipinski definition) is 1. The molecule has 0 spiro atoms. The summed E-state index contributed by atoms with van der Waals surface area (Å²) in [7, 11) is 0. The zero-order valence-electron chi connectivity index (χ0n) is 9.73. The van der Waals surface area contributed by atoms with Crippen LogP contribution in [0.4, 0.5) is 0 Å². The van der Waals surface area contributed by atoms with E-state index in [0.717, 1.165) is 6.42 Å². The van der Waals surface area contributed by atoms with E-state index in [0.29, 0.717) is 0 Å². The molecule has 0 radical (unpaired) electrons. The van der Waals surface area contributed by atoms with Crippen LogP contribution in [-0.4, -0.2) is 0 Å². The van der Waals surface area contributed by atoms with Crippen LogP contribution >= 0.6 is 11.3 Å². The molecular weight excluding hydrogens is 214 g/mol. The quantitative estimate of drug-likeness (QED) is 0.849. The fourth-order valence-corrected chi connectivity index (χ4v) is 2.65. The summed E-state index contributed by atoms with van der Waals surface area (Å²) in [6, 6.07) is 13.1. The van der Waals surface area contributed by atoms with E-state index in [-0.39, 0.29) is 6.04 Å². The molecule has 1 heterocycles. The van der Waals surface area contributed by atoms with Gasteiger partial charge in [0.25, 0.3) is 0 Å². The van der Waals surface area contributed by atoms with Gasteiger partial charge < -0.3 is 5.73 Å². The Morgan fingerprint density at radius 3 is 2.69 bits per heavy atom. The maximum Gasteiger partial charge on any atom is 0.0361 e. The van der Waals surface area contributed by atoms with Gasteiger partial charge in [0.05, 0.1) is 0 Å². The second kappa shape index (κ2) is 4.81. The van der Waals surface area contributed by atoms with E-state index >= 15 is 0 Å². The van der Waals surface area contributed by atoms with Crippen molar-refractivity contribution in [2.75, 3.05) is 0 Å². The fraction of sp³-hybridized carbons (Fsp3) is 0.286. The van der Waals surface area contributed by atoms with Crippen LogP contribution in [0.5, 0.6) is 0 Å². The monoisotopic (exact) mass is 231 g/mol. The lowest BCUT2D eigenvalue weighted by molar-refractivity contribution is 0.838. The molecule has 1 atom stereocenters. The highest BCUT2D eigenvalue weighted by Crippen LogP contribution is 2.31. The predicted octanol–water partition coefficient (Wildman–Crippen LogP) is 4.00. The third kappa shape index (κ3) is 2.34. The molecule has 2 heteroatoms. The first-order valence-electron chi connectivity index (χ1n) is 5.65. The number of benzene rings is 1. The van der Waals surface area contributed by atoms with E-state index < -0.39 is 0 Å². The Hall–Kier alpha value is -1.12. The van der Waals surface area contributed by atoms with Gasteiger partial charge >= 0.3 is 0 Å². The first kappa shape index (κ1) is 11.4. The van der Waals surface area contributed by atoms with E-state index in [1.807, 2.05) is 6.92 Å². The van der Waals surface area contributed by atoms with Gasteiger partial charge in [-0.1, -0.05) is 31.2 Å². The van der Waals surface area contributed by atoms with Gasteiger partial charge in [0.15, 0.2) is 0 Å². The highest BCUT2D eigenvalue weighted by molar-refractivity contribution is 7.15. The number of thiophene rings is 1. The normalized spacial score (nSPS) is 12.7. The molecule has 0 aliphatic rings. The summed E-state index contributed by atoms with van der Waals surface area (Å²) in [5, 5.41) is 0. The smallest absolute Gasteiger partial charge is 0.0361 e. The molecule has 0 saturated carbocycles. The van der Waals surface area contributed by atoms with Crippen LogP contribution in [0.2, 0.25) is 0 Å². The average Bonchev–Trinajstić information content (AvgIpc) is 2.78. The molecule has 2 rings (SSSR count). The molecule has 1 aromatic carbocycles. The van der Waals surface area contributed by atoms with Gasteiger partial charge in [0, 0.05) is 15.8 Å². The summed E-state index contributed by atoms with van der Waals surface area (Å²) in [5.41, 5.74) is 8.56. The van der Waals surface area contributed by atoms with Crippen LogP contribution in [0.15, 0.2) is 36.4 Å². The Labute approximate surface area is 101 Å². The molecule has 1 aromatic heterocycles. The number of nitrogens with two attached hydrogens (primary N) is 1. The SMILES string of the molecule is CCc1cccc(-c2ccc(C(C)N)s2)c1. The summed E-state index contributed by atoms with van der Waals surface area (Å²) in [6.07, 6.45) is 1.08. The van der Waals surface area contributed by atoms with Crippen molar-refractivity contribution in [3.63, 3.8) is 0 Å². The zero-order chi connectivity index (χ0) is 11.5. The van der Waals surface area contributed by atoms with Crippen molar-refractivity contribution in [2.45, 2.75) is 26.3 Å². The minimum Gasteiger partial charge on any atom is -0.324 e. The lowest BCUT2D eigenvalue weighted by Crippen LogP contribution is -2.01. The molecule has 0 aliphatic heterocycles. The molecule has 0 fully saturated rings. The van der Waals surface area contributed by atoms with E-state index in [9.17, 15) is 0 Å².